The first kappa shape index (κ1) is 16.3. The molecular formula is C17H35N3. The Morgan fingerprint density at radius 1 is 1.15 bits per heavy atom. The second-order valence-electron chi connectivity index (χ2n) is 7.99. The van der Waals surface area contributed by atoms with Gasteiger partial charge in [0.05, 0.1) is 0 Å². The molecular weight excluding hydrogens is 246 g/mol. The molecule has 1 saturated heterocycles. The third kappa shape index (κ3) is 3.37. The van der Waals surface area contributed by atoms with E-state index in [2.05, 4.69) is 56.9 Å². The van der Waals surface area contributed by atoms with Gasteiger partial charge in [0.15, 0.2) is 0 Å². The van der Waals surface area contributed by atoms with Crippen LogP contribution in [0.1, 0.15) is 47.0 Å². The minimum absolute atomic E-state index is 0.446. The van der Waals surface area contributed by atoms with E-state index in [1.54, 1.807) is 0 Å². The van der Waals surface area contributed by atoms with Crippen LogP contribution in [0, 0.1) is 11.3 Å². The Labute approximate surface area is 126 Å². The second kappa shape index (κ2) is 6.33. The van der Waals surface area contributed by atoms with Gasteiger partial charge in [0.1, 0.15) is 0 Å². The summed E-state index contributed by atoms with van der Waals surface area (Å²) in [6.07, 6.45) is 4.16. The van der Waals surface area contributed by atoms with Gasteiger partial charge in [-0.15, -0.1) is 0 Å². The average molecular weight is 281 g/mol. The Morgan fingerprint density at radius 3 is 2.30 bits per heavy atom. The zero-order valence-electron chi connectivity index (χ0n) is 14.4. The van der Waals surface area contributed by atoms with Crippen LogP contribution in [0.3, 0.4) is 0 Å². The van der Waals surface area contributed by atoms with Gasteiger partial charge in [-0.25, -0.2) is 0 Å². The van der Waals surface area contributed by atoms with Gasteiger partial charge in [0, 0.05) is 37.8 Å². The van der Waals surface area contributed by atoms with Crippen LogP contribution in [0.4, 0.5) is 0 Å². The Kier molecular flexibility index (Phi) is 5.14. The molecule has 0 aromatic carbocycles. The van der Waals surface area contributed by atoms with Crippen molar-refractivity contribution in [1.29, 1.82) is 0 Å². The lowest BCUT2D eigenvalue weighted by atomic mass is 9.67. The molecule has 1 aliphatic heterocycles. The lowest BCUT2D eigenvalue weighted by Crippen LogP contribution is -2.58. The fourth-order valence-corrected chi connectivity index (χ4v) is 4.60. The molecule has 1 heterocycles. The minimum atomic E-state index is 0.446. The summed E-state index contributed by atoms with van der Waals surface area (Å²) in [6.45, 7) is 13.3. The van der Waals surface area contributed by atoms with Crippen molar-refractivity contribution in [3.05, 3.63) is 0 Å². The van der Waals surface area contributed by atoms with Crippen LogP contribution in [0.25, 0.3) is 0 Å². The molecule has 0 aromatic heterocycles. The highest BCUT2D eigenvalue weighted by Gasteiger charge is 2.39. The van der Waals surface area contributed by atoms with Crippen molar-refractivity contribution < 1.29 is 0 Å². The Hall–Kier alpha value is -0.120. The largest absolute Gasteiger partial charge is 0.316 e. The van der Waals surface area contributed by atoms with E-state index in [0.29, 0.717) is 23.5 Å². The highest BCUT2D eigenvalue weighted by atomic mass is 15.3. The first-order chi connectivity index (χ1) is 9.35. The van der Waals surface area contributed by atoms with Crippen molar-refractivity contribution in [3.8, 4) is 0 Å². The molecule has 1 N–H and O–H groups in total. The molecule has 0 spiro atoms. The maximum Gasteiger partial charge on any atom is 0.0195 e. The van der Waals surface area contributed by atoms with Gasteiger partial charge in [0.2, 0.25) is 0 Å². The van der Waals surface area contributed by atoms with Crippen LogP contribution < -0.4 is 5.32 Å². The summed E-state index contributed by atoms with van der Waals surface area (Å²) in [5.74, 6) is 0.812. The smallest absolute Gasteiger partial charge is 0.0195 e. The van der Waals surface area contributed by atoms with Gasteiger partial charge >= 0.3 is 0 Å². The van der Waals surface area contributed by atoms with E-state index < -0.39 is 0 Å². The third-order valence-electron chi connectivity index (χ3n) is 5.95. The zero-order valence-corrected chi connectivity index (χ0v) is 14.4. The summed E-state index contributed by atoms with van der Waals surface area (Å²) >= 11 is 0. The number of nitrogens with one attached hydrogen (secondary N) is 1. The molecule has 4 atom stereocenters. The SMILES string of the molecule is CNC1C(CN2CC(C)N(C)C(C)C2)CCCC1(C)C. The maximum atomic E-state index is 3.63. The van der Waals surface area contributed by atoms with Crippen molar-refractivity contribution in [2.24, 2.45) is 11.3 Å². The van der Waals surface area contributed by atoms with E-state index in [1.165, 1.54) is 38.9 Å². The average Bonchev–Trinajstić information content (AvgIpc) is 2.35. The number of hydrogen-bond donors (Lipinski definition) is 1. The molecule has 20 heavy (non-hydrogen) atoms. The quantitative estimate of drug-likeness (QED) is 0.857. The van der Waals surface area contributed by atoms with E-state index >= 15 is 0 Å². The van der Waals surface area contributed by atoms with Crippen molar-refractivity contribution in [3.63, 3.8) is 0 Å². The molecule has 2 aliphatic rings. The van der Waals surface area contributed by atoms with Crippen LogP contribution in [0.5, 0.6) is 0 Å². The van der Waals surface area contributed by atoms with Crippen LogP contribution >= 0.6 is 0 Å². The van der Waals surface area contributed by atoms with Crippen LogP contribution in [-0.4, -0.2) is 61.7 Å². The van der Waals surface area contributed by atoms with E-state index in [1.807, 2.05) is 0 Å². The molecule has 0 radical (unpaired) electrons. The molecule has 4 unspecified atom stereocenters. The lowest BCUT2D eigenvalue weighted by molar-refractivity contribution is 0.0255. The first-order valence-corrected chi connectivity index (χ1v) is 8.46. The molecule has 3 heteroatoms. The number of hydrogen-bond acceptors (Lipinski definition) is 3. The number of likely N-dealkylation sites (N-methyl/N-ethyl adjacent to an activating group) is 1. The van der Waals surface area contributed by atoms with E-state index in [0.717, 1.165) is 5.92 Å². The number of rotatable bonds is 3. The van der Waals surface area contributed by atoms with Crippen molar-refractivity contribution >= 4 is 0 Å². The lowest BCUT2D eigenvalue weighted by Gasteiger charge is -2.48. The second-order valence-corrected chi connectivity index (χ2v) is 7.99. The van der Waals surface area contributed by atoms with Gasteiger partial charge in [-0.2, -0.15) is 0 Å². The van der Waals surface area contributed by atoms with Gasteiger partial charge in [0.25, 0.3) is 0 Å². The van der Waals surface area contributed by atoms with Crippen molar-refractivity contribution in [2.75, 3.05) is 33.7 Å². The number of nitrogens with zero attached hydrogens (tertiary/aromatic N) is 2. The summed E-state index contributed by atoms with van der Waals surface area (Å²) in [5.41, 5.74) is 0.446. The topological polar surface area (TPSA) is 18.5 Å². The van der Waals surface area contributed by atoms with Crippen LogP contribution in [0.15, 0.2) is 0 Å². The van der Waals surface area contributed by atoms with E-state index in [-0.39, 0.29) is 0 Å². The molecule has 1 aliphatic carbocycles. The normalized spacial score (nSPS) is 39.9. The predicted octanol–water partition coefficient (Wildman–Crippen LogP) is 2.43. The zero-order chi connectivity index (χ0) is 14.9. The molecule has 0 aromatic rings. The summed E-state index contributed by atoms with van der Waals surface area (Å²) in [4.78, 5) is 5.24. The predicted molar refractivity (Wildman–Crippen MR) is 87.1 cm³/mol. The molecule has 118 valence electrons. The third-order valence-corrected chi connectivity index (χ3v) is 5.95. The molecule has 3 nitrogen and oxygen atoms in total. The van der Waals surface area contributed by atoms with Crippen molar-refractivity contribution in [2.45, 2.75) is 65.1 Å². The summed E-state index contributed by atoms with van der Waals surface area (Å²) in [7, 11) is 4.42. The molecule has 1 saturated carbocycles. The molecule has 0 amide bonds. The van der Waals surface area contributed by atoms with Gasteiger partial charge in [-0.05, 0) is 52.1 Å². The summed E-state index contributed by atoms with van der Waals surface area (Å²) < 4.78 is 0. The van der Waals surface area contributed by atoms with Gasteiger partial charge < -0.3 is 5.32 Å². The van der Waals surface area contributed by atoms with Crippen LogP contribution in [-0.2, 0) is 0 Å². The highest BCUT2D eigenvalue weighted by Crippen LogP contribution is 2.39. The molecule has 0 bridgehead atoms. The fourth-order valence-electron chi connectivity index (χ4n) is 4.60. The Bertz CT molecular complexity index is 303. The van der Waals surface area contributed by atoms with E-state index in [9.17, 15) is 0 Å². The minimum Gasteiger partial charge on any atom is -0.316 e. The van der Waals surface area contributed by atoms with Gasteiger partial charge in [-0.3, -0.25) is 9.80 Å². The Balaban J connectivity index is 1.98. The first-order valence-electron chi connectivity index (χ1n) is 8.46. The van der Waals surface area contributed by atoms with Crippen molar-refractivity contribution in [1.82, 2.24) is 15.1 Å². The summed E-state index contributed by atoms with van der Waals surface area (Å²) in [6, 6.07) is 2.04. The van der Waals surface area contributed by atoms with Gasteiger partial charge in [-0.1, -0.05) is 20.3 Å². The van der Waals surface area contributed by atoms with E-state index in [4.69, 9.17) is 0 Å². The standard InChI is InChI=1S/C17H35N3/c1-13-10-20(11-14(2)19(13)6)12-15-8-7-9-17(3,4)16(15)18-5/h13-16,18H,7-12H2,1-6H3. The maximum absolute atomic E-state index is 3.63. The monoisotopic (exact) mass is 281 g/mol. The highest BCUT2D eigenvalue weighted by molar-refractivity contribution is 4.95. The summed E-state index contributed by atoms with van der Waals surface area (Å²) in [5, 5.41) is 3.63. The fraction of sp³-hybridized carbons (Fsp3) is 1.00. The molecule has 2 rings (SSSR count). The Morgan fingerprint density at radius 2 is 1.75 bits per heavy atom. The molecule has 2 fully saturated rings. The van der Waals surface area contributed by atoms with Crippen LogP contribution in [0.2, 0.25) is 0 Å². The number of piperazine rings is 1.